The molecule has 0 aliphatic carbocycles. The van der Waals surface area contributed by atoms with Gasteiger partial charge in [0.2, 0.25) is 0 Å². The molecule has 2 nitrogen and oxygen atoms in total. The molecule has 0 saturated carbocycles. The molecule has 0 radical (unpaired) electrons. The van der Waals surface area contributed by atoms with E-state index in [2.05, 4.69) is 25.2 Å². The number of nitrogens with two attached hydrogens (primary N) is 1. The number of nitrogen functional groups attached to an aromatic ring is 1. The lowest BCUT2D eigenvalue weighted by Crippen LogP contribution is -2.02. The fraction of sp³-hybridized carbons (Fsp3) is 0.400. The topological polar surface area (TPSA) is 38.0 Å². The second kappa shape index (κ2) is 4.00. The van der Waals surface area contributed by atoms with Crippen molar-refractivity contribution in [1.82, 2.24) is 0 Å². The van der Waals surface area contributed by atoms with E-state index in [4.69, 9.17) is 5.73 Å². The number of rotatable bonds is 3. The number of benzene rings is 1. The standard InChI is InChI=1S/C10H16N2/c1-3-6-12-10-7-8(2)4-5-9(10)11/h4-5,7,12H,3,6,11H2,1-2H3. The average molecular weight is 164 g/mol. The molecule has 3 N–H and O–H groups in total. The highest BCUT2D eigenvalue weighted by molar-refractivity contribution is 5.66. The van der Waals surface area contributed by atoms with Crippen molar-refractivity contribution in [3.8, 4) is 0 Å². The molecule has 0 aromatic heterocycles. The first-order chi connectivity index (χ1) is 5.74. The lowest BCUT2D eigenvalue weighted by molar-refractivity contribution is 0.980. The zero-order valence-electron chi connectivity index (χ0n) is 7.72. The van der Waals surface area contributed by atoms with Crippen LogP contribution < -0.4 is 11.1 Å². The molecule has 66 valence electrons. The monoisotopic (exact) mass is 164 g/mol. The summed E-state index contributed by atoms with van der Waals surface area (Å²) in [6, 6.07) is 6.03. The third-order valence-electron chi connectivity index (χ3n) is 1.77. The second-order valence-electron chi connectivity index (χ2n) is 3.02. The molecule has 1 aromatic rings. The first kappa shape index (κ1) is 8.91. The fourth-order valence-electron chi connectivity index (χ4n) is 1.08. The third kappa shape index (κ3) is 2.16. The molecule has 0 aliphatic rings. The van der Waals surface area contributed by atoms with Gasteiger partial charge in [-0.1, -0.05) is 13.0 Å². The minimum Gasteiger partial charge on any atom is -0.397 e. The molecule has 2 heteroatoms. The Kier molecular flexibility index (Phi) is 2.97. The van der Waals surface area contributed by atoms with Crippen LogP contribution in [0.1, 0.15) is 18.9 Å². The zero-order valence-corrected chi connectivity index (χ0v) is 7.72. The van der Waals surface area contributed by atoms with Crippen LogP contribution in [0.3, 0.4) is 0 Å². The van der Waals surface area contributed by atoms with Gasteiger partial charge in [0.05, 0.1) is 11.4 Å². The van der Waals surface area contributed by atoms with Gasteiger partial charge in [-0.15, -0.1) is 0 Å². The van der Waals surface area contributed by atoms with E-state index in [0.717, 1.165) is 24.3 Å². The molecule has 0 bridgehead atoms. The zero-order chi connectivity index (χ0) is 8.97. The van der Waals surface area contributed by atoms with Crippen molar-refractivity contribution < 1.29 is 0 Å². The van der Waals surface area contributed by atoms with Crippen molar-refractivity contribution in [3.63, 3.8) is 0 Å². The van der Waals surface area contributed by atoms with Gasteiger partial charge < -0.3 is 11.1 Å². The van der Waals surface area contributed by atoms with Crippen LogP contribution in [0.25, 0.3) is 0 Å². The maximum Gasteiger partial charge on any atom is 0.0576 e. The van der Waals surface area contributed by atoms with Crippen molar-refractivity contribution in [2.75, 3.05) is 17.6 Å². The van der Waals surface area contributed by atoms with Crippen molar-refractivity contribution in [3.05, 3.63) is 23.8 Å². The van der Waals surface area contributed by atoms with Crippen molar-refractivity contribution in [2.45, 2.75) is 20.3 Å². The summed E-state index contributed by atoms with van der Waals surface area (Å²) in [7, 11) is 0. The quantitative estimate of drug-likeness (QED) is 0.673. The molecule has 1 rings (SSSR count). The molecule has 0 atom stereocenters. The van der Waals surface area contributed by atoms with Crippen molar-refractivity contribution in [2.24, 2.45) is 0 Å². The summed E-state index contributed by atoms with van der Waals surface area (Å²) in [5.41, 5.74) is 8.89. The molecule has 0 aliphatic heterocycles. The van der Waals surface area contributed by atoms with E-state index in [1.54, 1.807) is 0 Å². The van der Waals surface area contributed by atoms with Gasteiger partial charge in [0.25, 0.3) is 0 Å². The number of aryl methyl sites for hydroxylation is 1. The SMILES string of the molecule is CCCNc1cc(C)ccc1N. The molecule has 0 amide bonds. The lowest BCUT2D eigenvalue weighted by Gasteiger charge is -2.08. The van der Waals surface area contributed by atoms with Crippen LogP contribution in [-0.4, -0.2) is 6.54 Å². The first-order valence-corrected chi connectivity index (χ1v) is 4.34. The van der Waals surface area contributed by atoms with Crippen LogP contribution in [0, 0.1) is 6.92 Å². The van der Waals surface area contributed by atoms with Crippen LogP contribution in [0.2, 0.25) is 0 Å². The van der Waals surface area contributed by atoms with Crippen molar-refractivity contribution >= 4 is 11.4 Å². The van der Waals surface area contributed by atoms with E-state index in [1.807, 2.05) is 12.1 Å². The van der Waals surface area contributed by atoms with Crippen LogP contribution >= 0.6 is 0 Å². The van der Waals surface area contributed by atoms with Gasteiger partial charge in [-0.25, -0.2) is 0 Å². The maximum atomic E-state index is 5.77. The predicted octanol–water partition coefficient (Wildman–Crippen LogP) is 2.40. The average Bonchev–Trinajstić information content (AvgIpc) is 2.07. The Bertz CT molecular complexity index is 256. The lowest BCUT2D eigenvalue weighted by atomic mass is 10.2. The second-order valence-corrected chi connectivity index (χ2v) is 3.02. The largest absolute Gasteiger partial charge is 0.397 e. The van der Waals surface area contributed by atoms with Gasteiger partial charge in [-0.2, -0.15) is 0 Å². The summed E-state index contributed by atoms with van der Waals surface area (Å²) in [5.74, 6) is 0. The maximum absolute atomic E-state index is 5.77. The van der Waals surface area contributed by atoms with Gasteiger partial charge in [0, 0.05) is 6.54 Å². The van der Waals surface area contributed by atoms with E-state index in [9.17, 15) is 0 Å². The minimum absolute atomic E-state index is 0.828. The van der Waals surface area contributed by atoms with Crippen LogP contribution in [0.5, 0.6) is 0 Å². The van der Waals surface area contributed by atoms with E-state index in [-0.39, 0.29) is 0 Å². The molecule has 1 aromatic carbocycles. The minimum atomic E-state index is 0.828. The Morgan fingerprint density at radius 1 is 1.42 bits per heavy atom. The van der Waals surface area contributed by atoms with E-state index in [0.29, 0.717) is 0 Å². The van der Waals surface area contributed by atoms with Gasteiger partial charge in [0.15, 0.2) is 0 Å². The molecule has 0 saturated heterocycles. The molecule has 0 unspecified atom stereocenters. The number of nitrogens with one attached hydrogen (secondary N) is 1. The van der Waals surface area contributed by atoms with E-state index < -0.39 is 0 Å². The summed E-state index contributed by atoms with van der Waals surface area (Å²) in [6.45, 7) is 5.18. The number of anilines is 2. The predicted molar refractivity (Wildman–Crippen MR) is 54.4 cm³/mol. The van der Waals surface area contributed by atoms with E-state index in [1.165, 1.54) is 5.56 Å². The molecular weight excluding hydrogens is 148 g/mol. The van der Waals surface area contributed by atoms with E-state index >= 15 is 0 Å². The summed E-state index contributed by atoms with van der Waals surface area (Å²) in [4.78, 5) is 0. The Balaban J connectivity index is 2.75. The highest BCUT2D eigenvalue weighted by Crippen LogP contribution is 2.19. The number of hydrogen-bond acceptors (Lipinski definition) is 2. The van der Waals surface area contributed by atoms with Gasteiger partial charge in [-0.3, -0.25) is 0 Å². The fourth-order valence-corrected chi connectivity index (χ4v) is 1.08. The highest BCUT2D eigenvalue weighted by atomic mass is 14.9. The Labute approximate surface area is 73.8 Å². The van der Waals surface area contributed by atoms with Gasteiger partial charge in [0.1, 0.15) is 0 Å². The van der Waals surface area contributed by atoms with Crippen molar-refractivity contribution in [1.29, 1.82) is 0 Å². The highest BCUT2D eigenvalue weighted by Gasteiger charge is 1.96. The van der Waals surface area contributed by atoms with Crippen LogP contribution in [0.4, 0.5) is 11.4 Å². The Hall–Kier alpha value is -1.18. The summed E-state index contributed by atoms with van der Waals surface area (Å²) in [5, 5.41) is 3.28. The summed E-state index contributed by atoms with van der Waals surface area (Å²) < 4.78 is 0. The van der Waals surface area contributed by atoms with Crippen LogP contribution in [0.15, 0.2) is 18.2 Å². The molecule has 0 heterocycles. The van der Waals surface area contributed by atoms with Gasteiger partial charge in [-0.05, 0) is 31.0 Å². The molecule has 12 heavy (non-hydrogen) atoms. The first-order valence-electron chi connectivity index (χ1n) is 4.34. The number of hydrogen-bond donors (Lipinski definition) is 2. The molecular formula is C10H16N2. The van der Waals surface area contributed by atoms with Crippen LogP contribution in [-0.2, 0) is 0 Å². The summed E-state index contributed by atoms with van der Waals surface area (Å²) in [6.07, 6.45) is 1.12. The third-order valence-corrected chi connectivity index (χ3v) is 1.77. The Morgan fingerprint density at radius 2 is 2.17 bits per heavy atom. The smallest absolute Gasteiger partial charge is 0.0576 e. The Morgan fingerprint density at radius 3 is 2.83 bits per heavy atom. The molecule has 0 fully saturated rings. The summed E-state index contributed by atoms with van der Waals surface area (Å²) >= 11 is 0. The molecule has 0 spiro atoms. The normalized spacial score (nSPS) is 9.83. The van der Waals surface area contributed by atoms with Gasteiger partial charge >= 0.3 is 0 Å².